The summed E-state index contributed by atoms with van der Waals surface area (Å²) in [5.74, 6) is 1.44. The summed E-state index contributed by atoms with van der Waals surface area (Å²) >= 11 is 0. The van der Waals surface area contributed by atoms with Gasteiger partial charge in [-0.25, -0.2) is 4.79 Å². The van der Waals surface area contributed by atoms with E-state index in [1.54, 1.807) is 45.1 Å². The number of carbonyl (C=O) groups is 1. The molecule has 1 aliphatic rings. The summed E-state index contributed by atoms with van der Waals surface area (Å²) in [6, 6.07) is 11.3. The SMILES string of the molecule is COC(=O)c1c(C=C2C=Nc3ccc(OC)cc32)c(O)n(CCc2ccc(OC)c(OC)c2)c1C. The number of aromatic hydroxyl groups is 1. The number of aliphatic imine (C=N–C) groups is 1. The van der Waals surface area contributed by atoms with Gasteiger partial charge in [0.2, 0.25) is 0 Å². The molecule has 2 heterocycles. The second-order valence-electron chi connectivity index (χ2n) is 8.02. The van der Waals surface area contributed by atoms with Gasteiger partial charge in [0.15, 0.2) is 17.4 Å². The van der Waals surface area contributed by atoms with Crippen LogP contribution in [0.3, 0.4) is 0 Å². The smallest absolute Gasteiger partial charge is 0.340 e. The molecule has 0 aliphatic carbocycles. The molecule has 0 bridgehead atoms. The fraction of sp³-hybridized carbons (Fsp3) is 0.259. The zero-order valence-electron chi connectivity index (χ0n) is 20.4. The van der Waals surface area contributed by atoms with Crippen molar-refractivity contribution in [3.8, 4) is 23.1 Å². The summed E-state index contributed by atoms with van der Waals surface area (Å²) in [5.41, 5.74) is 4.72. The second kappa shape index (κ2) is 9.97. The molecule has 0 atom stereocenters. The van der Waals surface area contributed by atoms with Gasteiger partial charge in [-0.05, 0) is 55.3 Å². The summed E-state index contributed by atoms with van der Waals surface area (Å²) in [6.45, 7) is 2.24. The summed E-state index contributed by atoms with van der Waals surface area (Å²) in [4.78, 5) is 17.1. The van der Waals surface area contributed by atoms with Gasteiger partial charge < -0.3 is 28.6 Å². The van der Waals surface area contributed by atoms with Gasteiger partial charge in [-0.3, -0.25) is 4.99 Å². The van der Waals surface area contributed by atoms with Crippen LogP contribution in [0.2, 0.25) is 0 Å². The van der Waals surface area contributed by atoms with E-state index >= 15 is 0 Å². The molecule has 0 unspecified atom stereocenters. The number of hydrogen-bond donors (Lipinski definition) is 1. The zero-order chi connectivity index (χ0) is 25.1. The highest BCUT2D eigenvalue weighted by molar-refractivity contribution is 6.22. The first-order valence-corrected chi connectivity index (χ1v) is 11.1. The van der Waals surface area contributed by atoms with Gasteiger partial charge in [0.1, 0.15) is 5.75 Å². The number of rotatable bonds is 8. The van der Waals surface area contributed by atoms with Crippen LogP contribution < -0.4 is 14.2 Å². The fourth-order valence-electron chi connectivity index (χ4n) is 4.26. The van der Waals surface area contributed by atoms with Crippen LogP contribution in [0.5, 0.6) is 23.1 Å². The third-order valence-electron chi connectivity index (χ3n) is 6.15. The van der Waals surface area contributed by atoms with Gasteiger partial charge in [-0.15, -0.1) is 0 Å². The van der Waals surface area contributed by atoms with Gasteiger partial charge in [0, 0.05) is 29.6 Å². The second-order valence-corrected chi connectivity index (χ2v) is 8.02. The van der Waals surface area contributed by atoms with Gasteiger partial charge in [-0.1, -0.05) is 6.07 Å². The van der Waals surface area contributed by atoms with E-state index in [0.29, 0.717) is 47.0 Å². The molecule has 8 heteroatoms. The third kappa shape index (κ3) is 4.47. The maximum atomic E-state index is 12.7. The molecule has 4 rings (SSSR count). The van der Waals surface area contributed by atoms with Crippen molar-refractivity contribution in [1.82, 2.24) is 4.57 Å². The highest BCUT2D eigenvalue weighted by Gasteiger charge is 2.26. The number of nitrogens with zero attached hydrogens (tertiary/aromatic N) is 2. The van der Waals surface area contributed by atoms with E-state index < -0.39 is 5.97 Å². The number of ether oxygens (including phenoxy) is 4. The molecule has 1 aromatic heterocycles. The van der Waals surface area contributed by atoms with E-state index in [2.05, 4.69) is 4.99 Å². The molecular weight excluding hydrogens is 448 g/mol. The van der Waals surface area contributed by atoms with E-state index in [1.165, 1.54) is 7.11 Å². The van der Waals surface area contributed by atoms with Gasteiger partial charge in [0.25, 0.3) is 0 Å². The predicted octanol–water partition coefficient (Wildman–Crippen LogP) is 4.81. The summed E-state index contributed by atoms with van der Waals surface area (Å²) in [6.07, 6.45) is 4.07. The molecule has 182 valence electrons. The minimum Gasteiger partial charge on any atom is -0.497 e. The number of methoxy groups -OCH3 is 4. The molecule has 0 saturated heterocycles. The Morgan fingerprint density at radius 1 is 1.03 bits per heavy atom. The Labute approximate surface area is 204 Å². The lowest BCUT2D eigenvalue weighted by Crippen LogP contribution is -2.07. The first kappa shape index (κ1) is 23.9. The summed E-state index contributed by atoms with van der Waals surface area (Å²) < 4.78 is 22.8. The lowest BCUT2D eigenvalue weighted by Gasteiger charge is -2.11. The molecule has 8 nitrogen and oxygen atoms in total. The maximum absolute atomic E-state index is 12.7. The summed E-state index contributed by atoms with van der Waals surface area (Å²) in [5, 5.41) is 11.2. The van der Waals surface area contributed by atoms with Crippen LogP contribution in [0, 0.1) is 6.92 Å². The van der Waals surface area contributed by atoms with Crippen LogP contribution in [0.4, 0.5) is 5.69 Å². The molecule has 0 amide bonds. The summed E-state index contributed by atoms with van der Waals surface area (Å²) in [7, 11) is 6.11. The minimum atomic E-state index is -0.518. The Hall–Kier alpha value is -4.20. The fourth-order valence-corrected chi connectivity index (χ4v) is 4.26. The largest absolute Gasteiger partial charge is 0.497 e. The quantitative estimate of drug-likeness (QED) is 0.469. The molecular formula is C27H28N2O6. The van der Waals surface area contributed by atoms with Crippen molar-refractivity contribution in [1.29, 1.82) is 0 Å². The lowest BCUT2D eigenvalue weighted by molar-refractivity contribution is 0.0599. The van der Waals surface area contributed by atoms with E-state index in [4.69, 9.17) is 18.9 Å². The highest BCUT2D eigenvalue weighted by Crippen LogP contribution is 2.38. The van der Waals surface area contributed by atoms with Crippen molar-refractivity contribution in [2.75, 3.05) is 28.4 Å². The van der Waals surface area contributed by atoms with Gasteiger partial charge in [0.05, 0.1) is 45.3 Å². The first-order chi connectivity index (χ1) is 16.9. The standard InChI is InChI=1S/C27H28N2O6/c1-16-25(27(31)35-5)21(13-18-15-28-22-8-7-19(32-2)14-20(18)22)26(30)29(16)11-10-17-6-9-23(33-3)24(12-17)34-4/h6-9,12-15,30H,10-11H2,1-5H3. The normalized spacial score (nSPS) is 13.1. The predicted molar refractivity (Wildman–Crippen MR) is 134 cm³/mol. The molecule has 1 N–H and O–H groups in total. The maximum Gasteiger partial charge on any atom is 0.340 e. The number of carbonyl (C=O) groups excluding carboxylic acids is 1. The first-order valence-electron chi connectivity index (χ1n) is 11.1. The Balaban J connectivity index is 1.72. The molecule has 0 fully saturated rings. The van der Waals surface area contributed by atoms with Gasteiger partial charge >= 0.3 is 5.97 Å². The van der Waals surface area contributed by atoms with E-state index in [1.807, 2.05) is 36.4 Å². The number of fused-ring (bicyclic) bond motifs is 1. The molecule has 0 saturated carbocycles. The number of allylic oxidation sites excluding steroid dienone is 1. The van der Waals surface area contributed by atoms with E-state index in [0.717, 1.165) is 22.4 Å². The van der Waals surface area contributed by atoms with E-state index in [9.17, 15) is 9.90 Å². The van der Waals surface area contributed by atoms with Crippen molar-refractivity contribution < 1.29 is 28.8 Å². The average molecular weight is 477 g/mol. The highest BCUT2D eigenvalue weighted by atomic mass is 16.5. The molecule has 2 aromatic carbocycles. The van der Waals surface area contributed by atoms with Crippen LogP contribution in [-0.2, 0) is 17.7 Å². The Kier molecular flexibility index (Phi) is 6.82. The van der Waals surface area contributed by atoms with Crippen LogP contribution in [0.15, 0.2) is 41.4 Å². The number of benzene rings is 2. The van der Waals surface area contributed by atoms with Crippen molar-refractivity contribution in [3.63, 3.8) is 0 Å². The van der Waals surface area contributed by atoms with Crippen molar-refractivity contribution in [2.24, 2.45) is 4.99 Å². The van der Waals surface area contributed by atoms with Crippen LogP contribution in [-0.4, -0.2) is 50.3 Å². The topological polar surface area (TPSA) is 91.5 Å². The van der Waals surface area contributed by atoms with Gasteiger partial charge in [-0.2, -0.15) is 0 Å². The Morgan fingerprint density at radius 3 is 2.49 bits per heavy atom. The Bertz CT molecular complexity index is 1340. The van der Waals surface area contributed by atoms with Crippen LogP contribution in [0.25, 0.3) is 11.6 Å². The lowest BCUT2D eigenvalue weighted by atomic mass is 10.0. The Morgan fingerprint density at radius 2 is 1.80 bits per heavy atom. The molecule has 1 aliphatic heterocycles. The molecule has 0 radical (unpaired) electrons. The minimum absolute atomic E-state index is 0.0133. The van der Waals surface area contributed by atoms with Crippen molar-refractivity contribution in [2.45, 2.75) is 19.9 Å². The number of aromatic nitrogens is 1. The number of esters is 1. The van der Waals surface area contributed by atoms with Crippen LogP contribution in [0.1, 0.15) is 32.7 Å². The monoisotopic (exact) mass is 476 g/mol. The zero-order valence-corrected chi connectivity index (χ0v) is 20.4. The molecule has 3 aromatic rings. The number of hydrogen-bond acceptors (Lipinski definition) is 7. The van der Waals surface area contributed by atoms with Crippen LogP contribution >= 0.6 is 0 Å². The number of aryl methyl sites for hydroxylation is 1. The average Bonchev–Trinajstić information content (AvgIpc) is 3.39. The van der Waals surface area contributed by atoms with E-state index in [-0.39, 0.29) is 5.88 Å². The molecule has 0 spiro atoms. The third-order valence-corrected chi connectivity index (χ3v) is 6.15. The van der Waals surface area contributed by atoms with Crippen molar-refractivity contribution >= 4 is 29.5 Å². The molecule has 35 heavy (non-hydrogen) atoms. The van der Waals surface area contributed by atoms with Crippen molar-refractivity contribution in [3.05, 3.63) is 64.3 Å².